The van der Waals surface area contributed by atoms with E-state index in [1.54, 1.807) is 39.6 Å². The minimum Gasteiger partial charge on any atom is -0.341 e. The molecule has 0 radical (unpaired) electrons. The first kappa shape index (κ1) is 17.3. The highest BCUT2D eigenvalue weighted by Crippen LogP contribution is 2.26. The van der Waals surface area contributed by atoms with Crippen LogP contribution in [0.4, 0.5) is 4.39 Å². The number of tetrazole rings is 1. The number of amides is 1. The van der Waals surface area contributed by atoms with E-state index in [9.17, 15) is 9.18 Å². The largest absolute Gasteiger partial charge is 0.341 e. The number of aromatic nitrogens is 6. The van der Waals surface area contributed by atoms with E-state index in [1.165, 1.54) is 12.1 Å². The summed E-state index contributed by atoms with van der Waals surface area (Å²) in [5, 5.41) is 16.1. The molecule has 0 saturated carbocycles. The van der Waals surface area contributed by atoms with Crippen LogP contribution >= 0.6 is 0 Å². The monoisotopic (exact) mass is 369 g/mol. The van der Waals surface area contributed by atoms with Crippen LogP contribution in [-0.4, -0.2) is 47.8 Å². The Labute approximate surface area is 155 Å². The van der Waals surface area contributed by atoms with Crippen LogP contribution in [0.3, 0.4) is 0 Å². The average Bonchev–Trinajstić information content (AvgIpc) is 3.28. The van der Waals surface area contributed by atoms with Crippen molar-refractivity contribution < 1.29 is 9.18 Å². The lowest BCUT2D eigenvalue weighted by Crippen LogP contribution is -2.32. The van der Waals surface area contributed by atoms with Crippen LogP contribution in [0.25, 0.3) is 5.69 Å². The predicted octanol–water partition coefficient (Wildman–Crippen LogP) is 1.92. The van der Waals surface area contributed by atoms with Crippen LogP contribution in [0.2, 0.25) is 0 Å². The number of hydrogen-bond acceptors (Lipinski definition) is 5. The van der Waals surface area contributed by atoms with Crippen molar-refractivity contribution in [3.63, 3.8) is 0 Å². The molecule has 27 heavy (non-hydrogen) atoms. The maximum absolute atomic E-state index is 13.1. The summed E-state index contributed by atoms with van der Waals surface area (Å²) in [5.41, 5.74) is 1.66. The zero-order valence-electron chi connectivity index (χ0n) is 15.0. The van der Waals surface area contributed by atoms with E-state index in [2.05, 4.69) is 20.6 Å². The van der Waals surface area contributed by atoms with Gasteiger partial charge in [-0.2, -0.15) is 5.10 Å². The van der Waals surface area contributed by atoms with Gasteiger partial charge < -0.3 is 4.90 Å². The molecule has 0 spiro atoms. The molecule has 0 saturated heterocycles. The van der Waals surface area contributed by atoms with Gasteiger partial charge in [0.05, 0.1) is 17.8 Å². The normalized spacial score (nSPS) is 16.6. The number of hydrogen-bond donors (Lipinski definition) is 0. The van der Waals surface area contributed by atoms with Gasteiger partial charge in [-0.15, -0.1) is 5.10 Å². The second kappa shape index (κ2) is 7.26. The number of carbonyl (C=O) groups excluding carboxylic acids is 1. The van der Waals surface area contributed by atoms with Gasteiger partial charge in [-0.25, -0.2) is 13.8 Å². The fourth-order valence-corrected chi connectivity index (χ4v) is 3.39. The lowest BCUT2D eigenvalue weighted by molar-refractivity contribution is -0.132. The Morgan fingerprint density at radius 1 is 1.30 bits per heavy atom. The van der Waals surface area contributed by atoms with Crippen molar-refractivity contribution in [3.05, 3.63) is 53.9 Å². The van der Waals surface area contributed by atoms with E-state index >= 15 is 0 Å². The molecule has 1 amide bonds. The molecule has 1 aliphatic heterocycles. The molecule has 3 heterocycles. The SMILES string of the molecule is CN(Cc1cnn(-c2ccc(F)cc2)c1)C(=O)C1CCCCn2nnnc21. The highest BCUT2D eigenvalue weighted by atomic mass is 19.1. The Hall–Kier alpha value is -3.10. The van der Waals surface area contributed by atoms with E-state index < -0.39 is 0 Å². The lowest BCUT2D eigenvalue weighted by Gasteiger charge is -2.21. The van der Waals surface area contributed by atoms with Crippen LogP contribution < -0.4 is 0 Å². The van der Waals surface area contributed by atoms with Crippen LogP contribution in [0, 0.1) is 5.82 Å². The van der Waals surface area contributed by atoms with Crippen LogP contribution in [0.5, 0.6) is 0 Å². The first-order valence-electron chi connectivity index (χ1n) is 8.92. The van der Waals surface area contributed by atoms with Crippen LogP contribution in [-0.2, 0) is 17.9 Å². The van der Waals surface area contributed by atoms with E-state index in [4.69, 9.17) is 0 Å². The number of carbonyl (C=O) groups is 1. The van der Waals surface area contributed by atoms with Gasteiger partial charge in [-0.05, 0) is 47.5 Å². The Bertz CT molecular complexity index is 933. The van der Waals surface area contributed by atoms with E-state index in [0.29, 0.717) is 12.4 Å². The average molecular weight is 369 g/mol. The van der Waals surface area contributed by atoms with Crippen molar-refractivity contribution in [1.29, 1.82) is 0 Å². The van der Waals surface area contributed by atoms with Gasteiger partial charge in [0, 0.05) is 31.9 Å². The Kier molecular flexibility index (Phi) is 4.66. The Morgan fingerprint density at radius 2 is 2.11 bits per heavy atom. The Morgan fingerprint density at radius 3 is 2.93 bits per heavy atom. The summed E-state index contributed by atoms with van der Waals surface area (Å²) in [7, 11) is 1.77. The third kappa shape index (κ3) is 3.57. The summed E-state index contributed by atoms with van der Waals surface area (Å²) >= 11 is 0. The summed E-state index contributed by atoms with van der Waals surface area (Å²) in [6.45, 7) is 1.18. The van der Waals surface area contributed by atoms with E-state index in [-0.39, 0.29) is 17.6 Å². The van der Waals surface area contributed by atoms with Crippen molar-refractivity contribution in [2.45, 2.75) is 38.3 Å². The maximum atomic E-state index is 13.1. The van der Waals surface area contributed by atoms with E-state index in [1.807, 2.05) is 6.20 Å². The molecular weight excluding hydrogens is 349 g/mol. The highest BCUT2D eigenvalue weighted by molar-refractivity contribution is 5.82. The summed E-state index contributed by atoms with van der Waals surface area (Å²) in [6.07, 6.45) is 6.23. The molecule has 8 nitrogen and oxygen atoms in total. The molecule has 1 atom stereocenters. The third-order valence-corrected chi connectivity index (χ3v) is 4.81. The van der Waals surface area contributed by atoms with Gasteiger partial charge in [0.25, 0.3) is 0 Å². The zero-order valence-corrected chi connectivity index (χ0v) is 15.0. The second-order valence-corrected chi connectivity index (χ2v) is 6.77. The predicted molar refractivity (Wildman–Crippen MR) is 94.4 cm³/mol. The second-order valence-electron chi connectivity index (χ2n) is 6.77. The summed E-state index contributed by atoms with van der Waals surface area (Å²) in [4.78, 5) is 14.7. The van der Waals surface area contributed by atoms with Gasteiger partial charge in [0.15, 0.2) is 5.82 Å². The molecule has 0 N–H and O–H groups in total. The number of aryl methyl sites for hydroxylation is 1. The smallest absolute Gasteiger partial charge is 0.233 e. The van der Waals surface area contributed by atoms with Crippen molar-refractivity contribution >= 4 is 5.91 Å². The van der Waals surface area contributed by atoms with E-state index in [0.717, 1.165) is 37.1 Å². The molecule has 3 aromatic rings. The first-order valence-corrected chi connectivity index (χ1v) is 8.92. The topological polar surface area (TPSA) is 81.7 Å². The summed E-state index contributed by atoms with van der Waals surface area (Å²) in [5.74, 6) is 0.0377. The Balaban J connectivity index is 1.47. The summed E-state index contributed by atoms with van der Waals surface area (Å²) < 4.78 is 16.5. The van der Waals surface area contributed by atoms with Crippen molar-refractivity contribution in [1.82, 2.24) is 34.9 Å². The van der Waals surface area contributed by atoms with Gasteiger partial charge in [0.1, 0.15) is 5.82 Å². The highest BCUT2D eigenvalue weighted by Gasteiger charge is 2.30. The number of nitrogens with zero attached hydrogens (tertiary/aromatic N) is 7. The molecule has 2 aromatic heterocycles. The van der Waals surface area contributed by atoms with Crippen molar-refractivity contribution in [2.24, 2.45) is 0 Å². The molecular formula is C18H20FN7O. The number of rotatable bonds is 4. The molecule has 0 bridgehead atoms. The minimum atomic E-state index is -0.320. The molecule has 0 aliphatic carbocycles. The zero-order chi connectivity index (χ0) is 18.8. The van der Waals surface area contributed by atoms with Crippen molar-refractivity contribution in [2.75, 3.05) is 7.05 Å². The number of fused-ring (bicyclic) bond motifs is 1. The number of benzene rings is 1. The molecule has 9 heteroatoms. The quantitative estimate of drug-likeness (QED) is 0.702. The fraction of sp³-hybridized carbons (Fsp3) is 0.389. The van der Waals surface area contributed by atoms with Gasteiger partial charge in [-0.1, -0.05) is 6.42 Å². The molecule has 1 aromatic carbocycles. The third-order valence-electron chi connectivity index (χ3n) is 4.81. The molecule has 0 fully saturated rings. The van der Waals surface area contributed by atoms with Crippen LogP contribution in [0.15, 0.2) is 36.7 Å². The minimum absolute atomic E-state index is 0.00230. The molecule has 1 aliphatic rings. The number of halogens is 1. The van der Waals surface area contributed by atoms with Gasteiger partial charge in [0.2, 0.25) is 5.91 Å². The molecule has 140 valence electrons. The summed E-state index contributed by atoms with van der Waals surface area (Å²) in [6, 6.07) is 6.10. The lowest BCUT2D eigenvalue weighted by atomic mass is 10.0. The van der Waals surface area contributed by atoms with Gasteiger partial charge in [-0.3, -0.25) is 4.79 Å². The fourth-order valence-electron chi connectivity index (χ4n) is 3.39. The molecule has 1 unspecified atom stereocenters. The standard InChI is InChI=1S/C18H20FN7O/c1-24(18(27)16-4-2-3-9-25-17(16)21-22-23-25)11-13-10-20-26(12-13)15-7-5-14(19)6-8-15/h5-8,10,12,16H,2-4,9,11H2,1H3. The van der Waals surface area contributed by atoms with Gasteiger partial charge >= 0.3 is 0 Å². The molecule has 4 rings (SSSR count). The van der Waals surface area contributed by atoms with Crippen molar-refractivity contribution in [3.8, 4) is 5.69 Å². The van der Waals surface area contributed by atoms with Crippen LogP contribution in [0.1, 0.15) is 36.6 Å². The first-order chi connectivity index (χ1) is 13.1. The maximum Gasteiger partial charge on any atom is 0.233 e. The number of likely N-dealkylation sites (N-methyl/N-ethyl adjacent to an activating group) is 1.